The quantitative estimate of drug-likeness (QED) is 0.722. The van der Waals surface area contributed by atoms with Crippen molar-refractivity contribution >= 4 is 17.9 Å². The minimum Gasteiger partial charge on any atom is -0.478 e. The largest absolute Gasteiger partial charge is 0.478 e. The van der Waals surface area contributed by atoms with Crippen LogP contribution < -0.4 is 0 Å². The Morgan fingerprint density at radius 2 is 1.32 bits per heavy atom. The molecule has 3 N–H and O–H groups in total. The monoisotopic (exact) mass is 266 g/mol. The lowest BCUT2D eigenvalue weighted by Gasteiger charge is -1.98. The summed E-state index contributed by atoms with van der Waals surface area (Å²) in [6.07, 6.45) is 1.56. The molecule has 0 aliphatic rings. The van der Waals surface area contributed by atoms with E-state index in [9.17, 15) is 14.4 Å². The van der Waals surface area contributed by atoms with E-state index in [2.05, 4.69) is 0 Å². The molecule has 0 aliphatic heterocycles. The molecule has 1 aromatic carbocycles. The highest BCUT2D eigenvalue weighted by Gasteiger charge is 2.13. The number of carboxylic acids is 3. The first-order valence-corrected chi connectivity index (χ1v) is 5.23. The van der Waals surface area contributed by atoms with E-state index in [-0.39, 0.29) is 11.1 Å². The van der Waals surface area contributed by atoms with Gasteiger partial charge in [0.15, 0.2) is 0 Å². The number of hydrogen-bond donors (Lipinski definition) is 3. The first kappa shape index (κ1) is 16.4. The van der Waals surface area contributed by atoms with Crippen molar-refractivity contribution in [2.24, 2.45) is 0 Å². The van der Waals surface area contributed by atoms with Crippen LogP contribution in [-0.2, 0) is 4.79 Å². The van der Waals surface area contributed by atoms with Crippen LogP contribution in [0.3, 0.4) is 0 Å². The average molecular weight is 266 g/mol. The minimum absolute atomic E-state index is 0.190. The number of hydrogen-bond acceptors (Lipinski definition) is 3. The Hall–Kier alpha value is -2.63. The van der Waals surface area contributed by atoms with Gasteiger partial charge in [0, 0.05) is 5.57 Å². The zero-order chi connectivity index (χ0) is 15.0. The van der Waals surface area contributed by atoms with Gasteiger partial charge in [-0.2, -0.15) is 0 Å². The Bertz CT molecular complexity index is 483. The third kappa shape index (κ3) is 5.49. The van der Waals surface area contributed by atoms with Gasteiger partial charge in [-0.05, 0) is 26.0 Å². The Kier molecular flexibility index (Phi) is 6.59. The van der Waals surface area contributed by atoms with E-state index in [1.807, 2.05) is 0 Å². The maximum atomic E-state index is 10.5. The minimum atomic E-state index is -1.23. The molecule has 0 aromatic heterocycles. The highest BCUT2D eigenvalue weighted by Crippen LogP contribution is 2.07. The molecule has 0 fully saturated rings. The molecule has 0 radical (unpaired) electrons. The van der Waals surface area contributed by atoms with Crippen LogP contribution in [-0.4, -0.2) is 33.2 Å². The van der Waals surface area contributed by atoms with E-state index in [0.717, 1.165) is 0 Å². The summed E-state index contributed by atoms with van der Waals surface area (Å²) in [4.78, 5) is 30.8. The molecule has 6 heteroatoms. The van der Waals surface area contributed by atoms with Gasteiger partial charge in [0.2, 0.25) is 0 Å². The van der Waals surface area contributed by atoms with Crippen molar-refractivity contribution in [3.63, 3.8) is 0 Å². The molecule has 0 saturated carbocycles. The second-order valence-electron chi connectivity index (χ2n) is 3.43. The predicted octanol–water partition coefficient (Wildman–Crippen LogP) is 2.12. The lowest BCUT2D eigenvalue weighted by molar-refractivity contribution is -0.132. The molecule has 0 aliphatic carbocycles. The van der Waals surface area contributed by atoms with Crippen molar-refractivity contribution in [3.8, 4) is 0 Å². The standard InChI is InChI=1S/C8H6O4.C5H8O2/c9-7(10)5-3-1-2-4-6(5)8(11)12;1-3-4(2)5(6)7/h1-4H,(H,9,10)(H,11,12);3H,1-2H3,(H,6,7). The number of allylic oxidation sites excluding steroid dienone is 1. The molecule has 1 aromatic rings. The second kappa shape index (κ2) is 7.65. The third-order valence-electron chi connectivity index (χ3n) is 2.16. The molecule has 1 rings (SSSR count). The lowest BCUT2D eigenvalue weighted by atomic mass is 10.1. The van der Waals surface area contributed by atoms with E-state index >= 15 is 0 Å². The molecule has 0 amide bonds. The van der Waals surface area contributed by atoms with E-state index in [1.54, 1.807) is 19.9 Å². The fourth-order valence-corrected chi connectivity index (χ4v) is 0.980. The first-order chi connectivity index (χ1) is 8.81. The Morgan fingerprint density at radius 3 is 1.47 bits per heavy atom. The zero-order valence-electron chi connectivity index (χ0n) is 10.5. The number of rotatable bonds is 3. The fraction of sp³-hybridized carbons (Fsp3) is 0.154. The van der Waals surface area contributed by atoms with Crippen LogP contribution in [0.4, 0.5) is 0 Å². The van der Waals surface area contributed by atoms with Crippen LogP contribution in [0.15, 0.2) is 35.9 Å². The molecule has 102 valence electrons. The van der Waals surface area contributed by atoms with Crippen molar-refractivity contribution in [2.75, 3.05) is 0 Å². The van der Waals surface area contributed by atoms with Crippen molar-refractivity contribution in [3.05, 3.63) is 47.0 Å². The van der Waals surface area contributed by atoms with Crippen LogP contribution in [0, 0.1) is 0 Å². The van der Waals surface area contributed by atoms with Gasteiger partial charge < -0.3 is 15.3 Å². The fourth-order valence-electron chi connectivity index (χ4n) is 0.980. The van der Waals surface area contributed by atoms with E-state index < -0.39 is 17.9 Å². The Morgan fingerprint density at radius 1 is 0.947 bits per heavy atom. The molecular weight excluding hydrogens is 252 g/mol. The highest BCUT2D eigenvalue weighted by atomic mass is 16.4. The number of aliphatic carboxylic acids is 1. The predicted molar refractivity (Wildman–Crippen MR) is 67.4 cm³/mol. The van der Waals surface area contributed by atoms with E-state index in [0.29, 0.717) is 5.57 Å². The number of benzene rings is 1. The van der Waals surface area contributed by atoms with Crippen LogP contribution >= 0.6 is 0 Å². The van der Waals surface area contributed by atoms with Gasteiger partial charge in [0.05, 0.1) is 11.1 Å². The van der Waals surface area contributed by atoms with E-state index in [1.165, 1.54) is 24.3 Å². The molecule has 0 heterocycles. The smallest absolute Gasteiger partial charge is 0.336 e. The summed E-state index contributed by atoms with van der Waals surface area (Å²) >= 11 is 0. The maximum absolute atomic E-state index is 10.5. The SMILES string of the molecule is CC=C(C)C(=O)O.O=C(O)c1ccccc1C(=O)O. The molecule has 6 nitrogen and oxygen atoms in total. The van der Waals surface area contributed by atoms with Gasteiger partial charge in [-0.25, -0.2) is 14.4 Å². The lowest BCUT2D eigenvalue weighted by Crippen LogP contribution is -2.06. The average Bonchev–Trinajstić information content (AvgIpc) is 2.38. The number of carbonyl (C=O) groups is 3. The normalized spacial score (nSPS) is 10.1. The summed E-state index contributed by atoms with van der Waals surface area (Å²) in [7, 11) is 0. The first-order valence-electron chi connectivity index (χ1n) is 5.23. The van der Waals surface area contributed by atoms with Crippen LogP contribution in [0.1, 0.15) is 34.6 Å². The van der Waals surface area contributed by atoms with Gasteiger partial charge in [0.25, 0.3) is 0 Å². The molecule has 0 atom stereocenters. The maximum Gasteiger partial charge on any atom is 0.336 e. The number of carboxylic acid groups (broad SMARTS) is 3. The van der Waals surface area contributed by atoms with Crippen molar-refractivity contribution < 1.29 is 29.7 Å². The van der Waals surface area contributed by atoms with Crippen LogP contribution in [0.2, 0.25) is 0 Å². The summed E-state index contributed by atoms with van der Waals surface area (Å²) in [6, 6.07) is 5.48. The summed E-state index contributed by atoms with van der Waals surface area (Å²) in [5, 5.41) is 25.2. The Balaban J connectivity index is 0.000000399. The second-order valence-corrected chi connectivity index (χ2v) is 3.43. The van der Waals surface area contributed by atoms with Gasteiger partial charge in [0.1, 0.15) is 0 Å². The zero-order valence-corrected chi connectivity index (χ0v) is 10.5. The van der Waals surface area contributed by atoms with Crippen LogP contribution in [0.25, 0.3) is 0 Å². The summed E-state index contributed by atoms with van der Waals surface area (Å²) < 4.78 is 0. The summed E-state index contributed by atoms with van der Waals surface area (Å²) in [5.74, 6) is -3.30. The van der Waals surface area contributed by atoms with Gasteiger partial charge in [-0.3, -0.25) is 0 Å². The van der Waals surface area contributed by atoms with Crippen molar-refractivity contribution in [2.45, 2.75) is 13.8 Å². The molecule has 0 saturated heterocycles. The van der Waals surface area contributed by atoms with Crippen LogP contribution in [0.5, 0.6) is 0 Å². The van der Waals surface area contributed by atoms with Gasteiger partial charge >= 0.3 is 17.9 Å². The molecule has 0 bridgehead atoms. The molecule has 0 spiro atoms. The van der Waals surface area contributed by atoms with Gasteiger partial charge in [-0.1, -0.05) is 18.2 Å². The van der Waals surface area contributed by atoms with Gasteiger partial charge in [-0.15, -0.1) is 0 Å². The molecular formula is C13H14O6. The Labute approximate surface area is 109 Å². The highest BCUT2D eigenvalue weighted by molar-refractivity contribution is 6.01. The topological polar surface area (TPSA) is 112 Å². The third-order valence-corrected chi connectivity index (χ3v) is 2.16. The summed E-state index contributed by atoms with van der Waals surface area (Å²) in [5.41, 5.74) is 0.00926. The van der Waals surface area contributed by atoms with E-state index in [4.69, 9.17) is 15.3 Å². The molecule has 19 heavy (non-hydrogen) atoms. The van der Waals surface area contributed by atoms with Crippen molar-refractivity contribution in [1.29, 1.82) is 0 Å². The molecule has 0 unspecified atom stereocenters. The number of aromatic carboxylic acids is 2. The van der Waals surface area contributed by atoms with Crippen molar-refractivity contribution in [1.82, 2.24) is 0 Å². The summed E-state index contributed by atoms with van der Waals surface area (Å²) in [6.45, 7) is 3.26.